The van der Waals surface area contributed by atoms with Crippen molar-refractivity contribution in [2.45, 2.75) is 25.7 Å². The molecule has 2 aromatic carbocycles. The van der Waals surface area contributed by atoms with E-state index in [9.17, 15) is 4.79 Å². The van der Waals surface area contributed by atoms with Gasteiger partial charge in [0, 0.05) is 48.4 Å². The number of carbonyl (C=O) groups is 1. The number of carbonyl (C=O) groups excluding carboxylic acids is 1. The average molecular weight is 402 g/mol. The number of aromatic nitrogens is 1. The fourth-order valence-electron chi connectivity index (χ4n) is 3.90. The van der Waals surface area contributed by atoms with Crippen LogP contribution in [0, 0.1) is 6.92 Å². The molecule has 0 spiro atoms. The third kappa shape index (κ3) is 4.01. The van der Waals surface area contributed by atoms with Crippen LogP contribution in [0.3, 0.4) is 0 Å². The first-order valence-electron chi connectivity index (χ1n) is 10.1. The van der Waals surface area contributed by atoms with Crippen molar-refractivity contribution in [2.24, 2.45) is 0 Å². The van der Waals surface area contributed by atoms with Crippen molar-refractivity contribution in [2.75, 3.05) is 25.7 Å². The van der Waals surface area contributed by atoms with Gasteiger partial charge in [0.1, 0.15) is 5.75 Å². The molecule has 1 aliphatic rings. The van der Waals surface area contributed by atoms with Crippen molar-refractivity contribution in [1.29, 1.82) is 0 Å². The van der Waals surface area contributed by atoms with Gasteiger partial charge in [0.15, 0.2) is 0 Å². The highest BCUT2D eigenvalue weighted by atomic mass is 16.5. The van der Waals surface area contributed by atoms with E-state index in [1.54, 1.807) is 18.5 Å². The highest BCUT2D eigenvalue weighted by Gasteiger charge is 2.25. The maximum Gasteiger partial charge on any atom is 0.338 e. The standard InChI is InChI=1S/C25H26N2O3/c1-17-4-8-20(9-5-17)27(2)21-10-11-22-19(16-30-24(22)14-21)7-6-18-15-26-13-12-23(18)25(28)29-3/h4-5,8-15,19H,6-7,16H2,1-3H3/t19-/m1/s1. The van der Waals surface area contributed by atoms with Crippen LogP contribution >= 0.6 is 0 Å². The van der Waals surface area contributed by atoms with E-state index in [2.05, 4.69) is 66.3 Å². The number of ether oxygens (including phenoxy) is 2. The molecule has 5 heteroatoms. The Labute approximate surface area is 177 Å². The Morgan fingerprint density at radius 2 is 1.93 bits per heavy atom. The predicted octanol–water partition coefficient (Wildman–Crippen LogP) is 5.05. The third-order valence-electron chi connectivity index (χ3n) is 5.76. The van der Waals surface area contributed by atoms with Gasteiger partial charge in [-0.3, -0.25) is 4.98 Å². The van der Waals surface area contributed by atoms with Crippen molar-refractivity contribution < 1.29 is 14.3 Å². The molecule has 0 aliphatic carbocycles. The predicted molar refractivity (Wildman–Crippen MR) is 118 cm³/mol. The molecule has 1 aromatic heterocycles. The molecule has 5 nitrogen and oxygen atoms in total. The Hall–Kier alpha value is -3.34. The molecule has 0 amide bonds. The van der Waals surface area contributed by atoms with E-state index in [1.165, 1.54) is 18.2 Å². The molecular weight excluding hydrogens is 376 g/mol. The summed E-state index contributed by atoms with van der Waals surface area (Å²) in [5.41, 5.74) is 6.20. The molecule has 0 radical (unpaired) electrons. The first kappa shape index (κ1) is 20.0. The van der Waals surface area contributed by atoms with E-state index in [-0.39, 0.29) is 5.97 Å². The average Bonchev–Trinajstić information content (AvgIpc) is 3.19. The molecule has 0 bridgehead atoms. The van der Waals surface area contributed by atoms with Gasteiger partial charge in [-0.2, -0.15) is 0 Å². The Morgan fingerprint density at radius 3 is 2.70 bits per heavy atom. The van der Waals surface area contributed by atoms with Crippen LogP contribution in [-0.2, 0) is 11.2 Å². The number of anilines is 2. The lowest BCUT2D eigenvalue weighted by molar-refractivity contribution is 0.0599. The summed E-state index contributed by atoms with van der Waals surface area (Å²) in [6.45, 7) is 2.74. The number of benzene rings is 2. The molecule has 1 atom stereocenters. The molecular formula is C25H26N2O3. The van der Waals surface area contributed by atoms with Crippen LogP contribution in [0.1, 0.15) is 39.4 Å². The summed E-state index contributed by atoms with van der Waals surface area (Å²) < 4.78 is 10.9. The number of esters is 1. The zero-order valence-corrected chi connectivity index (χ0v) is 17.6. The summed E-state index contributed by atoms with van der Waals surface area (Å²) in [4.78, 5) is 18.3. The molecule has 3 aromatic rings. The fraction of sp³-hybridized carbons (Fsp3) is 0.280. The van der Waals surface area contributed by atoms with Gasteiger partial charge in [0.2, 0.25) is 0 Å². The number of rotatable bonds is 6. The van der Waals surface area contributed by atoms with Crippen LogP contribution in [0.25, 0.3) is 0 Å². The Bertz CT molecular complexity index is 1050. The largest absolute Gasteiger partial charge is 0.493 e. The van der Waals surface area contributed by atoms with Gasteiger partial charge in [0.05, 0.1) is 19.3 Å². The first-order valence-corrected chi connectivity index (χ1v) is 10.1. The number of pyridine rings is 1. The van der Waals surface area contributed by atoms with Crippen LogP contribution in [0.15, 0.2) is 60.9 Å². The second-order valence-electron chi connectivity index (χ2n) is 7.69. The van der Waals surface area contributed by atoms with Crippen LogP contribution in [0.5, 0.6) is 5.75 Å². The van der Waals surface area contributed by atoms with E-state index in [0.717, 1.165) is 35.5 Å². The van der Waals surface area contributed by atoms with E-state index in [0.29, 0.717) is 18.1 Å². The Morgan fingerprint density at radius 1 is 1.17 bits per heavy atom. The minimum absolute atomic E-state index is 0.296. The second kappa shape index (κ2) is 8.57. The molecule has 2 heterocycles. The number of nitrogens with zero attached hydrogens (tertiary/aromatic N) is 2. The molecule has 0 unspecified atom stereocenters. The van der Waals surface area contributed by atoms with Crippen LogP contribution in [0.4, 0.5) is 11.4 Å². The van der Waals surface area contributed by atoms with E-state index >= 15 is 0 Å². The van der Waals surface area contributed by atoms with Gasteiger partial charge >= 0.3 is 5.97 Å². The zero-order chi connectivity index (χ0) is 21.1. The van der Waals surface area contributed by atoms with Gasteiger partial charge in [-0.25, -0.2) is 4.79 Å². The lowest BCUT2D eigenvalue weighted by Gasteiger charge is -2.20. The summed E-state index contributed by atoms with van der Waals surface area (Å²) in [6, 6.07) is 16.6. The van der Waals surface area contributed by atoms with E-state index in [1.807, 2.05) is 0 Å². The van der Waals surface area contributed by atoms with Crippen molar-refractivity contribution >= 4 is 17.3 Å². The monoisotopic (exact) mass is 402 g/mol. The van der Waals surface area contributed by atoms with E-state index in [4.69, 9.17) is 9.47 Å². The maximum atomic E-state index is 12.0. The highest BCUT2D eigenvalue weighted by Crippen LogP contribution is 2.40. The third-order valence-corrected chi connectivity index (χ3v) is 5.76. The molecule has 0 N–H and O–H groups in total. The van der Waals surface area contributed by atoms with Crippen LogP contribution in [-0.4, -0.2) is 31.7 Å². The van der Waals surface area contributed by atoms with Gasteiger partial charge in [-0.05, 0) is 49.6 Å². The van der Waals surface area contributed by atoms with Crippen molar-refractivity contribution in [3.8, 4) is 5.75 Å². The topological polar surface area (TPSA) is 51.7 Å². The molecule has 0 fully saturated rings. The number of aryl methyl sites for hydroxylation is 2. The lowest BCUT2D eigenvalue weighted by atomic mass is 9.93. The summed E-state index contributed by atoms with van der Waals surface area (Å²) in [5.74, 6) is 0.916. The van der Waals surface area contributed by atoms with Crippen LogP contribution in [0.2, 0.25) is 0 Å². The van der Waals surface area contributed by atoms with Crippen molar-refractivity contribution in [1.82, 2.24) is 4.98 Å². The molecule has 154 valence electrons. The molecule has 30 heavy (non-hydrogen) atoms. The maximum absolute atomic E-state index is 12.0. The minimum atomic E-state index is -0.320. The SMILES string of the molecule is COC(=O)c1ccncc1CC[C@@H]1COc2cc(N(C)c3ccc(C)cc3)ccc21. The number of methoxy groups -OCH3 is 1. The van der Waals surface area contributed by atoms with Gasteiger partial charge in [0.25, 0.3) is 0 Å². The summed E-state index contributed by atoms with van der Waals surface area (Å²) in [6.07, 6.45) is 5.00. The molecule has 0 saturated carbocycles. The second-order valence-corrected chi connectivity index (χ2v) is 7.69. The number of fused-ring (bicyclic) bond motifs is 1. The molecule has 0 saturated heterocycles. The Balaban J connectivity index is 1.48. The fourth-order valence-corrected chi connectivity index (χ4v) is 3.90. The van der Waals surface area contributed by atoms with Crippen molar-refractivity contribution in [3.63, 3.8) is 0 Å². The quantitative estimate of drug-likeness (QED) is 0.540. The van der Waals surface area contributed by atoms with Gasteiger partial charge in [-0.1, -0.05) is 23.8 Å². The number of hydrogen-bond acceptors (Lipinski definition) is 5. The summed E-state index contributed by atoms with van der Waals surface area (Å²) >= 11 is 0. The highest BCUT2D eigenvalue weighted by molar-refractivity contribution is 5.90. The summed E-state index contributed by atoms with van der Waals surface area (Å²) in [5, 5.41) is 0. The lowest BCUT2D eigenvalue weighted by Crippen LogP contribution is -2.09. The smallest absolute Gasteiger partial charge is 0.338 e. The van der Waals surface area contributed by atoms with Crippen LogP contribution < -0.4 is 9.64 Å². The first-order chi connectivity index (χ1) is 14.6. The Kier molecular flexibility index (Phi) is 5.70. The molecule has 4 rings (SSSR count). The van der Waals surface area contributed by atoms with E-state index < -0.39 is 0 Å². The zero-order valence-electron chi connectivity index (χ0n) is 17.6. The van der Waals surface area contributed by atoms with Crippen molar-refractivity contribution in [3.05, 3.63) is 83.2 Å². The number of hydrogen-bond donors (Lipinski definition) is 0. The van der Waals surface area contributed by atoms with Gasteiger partial charge in [-0.15, -0.1) is 0 Å². The van der Waals surface area contributed by atoms with Gasteiger partial charge < -0.3 is 14.4 Å². The minimum Gasteiger partial charge on any atom is -0.493 e. The molecule has 1 aliphatic heterocycles. The normalized spacial score (nSPS) is 14.7. The summed E-state index contributed by atoms with van der Waals surface area (Å²) in [7, 11) is 3.47.